The van der Waals surface area contributed by atoms with Crippen LogP contribution in [0.25, 0.3) is 0 Å². The average molecular weight is 230 g/mol. The highest BCUT2D eigenvalue weighted by molar-refractivity contribution is 5.30. The summed E-state index contributed by atoms with van der Waals surface area (Å²) in [7, 11) is 0. The van der Waals surface area contributed by atoms with Crippen LogP contribution in [0, 0.1) is 6.92 Å². The predicted molar refractivity (Wildman–Crippen MR) is 67.8 cm³/mol. The van der Waals surface area contributed by atoms with Crippen molar-refractivity contribution in [3.05, 3.63) is 53.2 Å². The van der Waals surface area contributed by atoms with Crippen LogP contribution in [-0.2, 0) is 0 Å². The summed E-state index contributed by atoms with van der Waals surface area (Å²) in [6, 6.07) is 8.14. The first-order valence-electron chi connectivity index (χ1n) is 5.85. The van der Waals surface area contributed by atoms with Crippen molar-refractivity contribution in [2.75, 3.05) is 0 Å². The van der Waals surface area contributed by atoms with E-state index < -0.39 is 0 Å². The van der Waals surface area contributed by atoms with Crippen LogP contribution in [0.1, 0.15) is 48.5 Å². The molecule has 0 fully saturated rings. The molecule has 0 aliphatic heterocycles. The molecule has 1 unspecified atom stereocenters. The van der Waals surface area contributed by atoms with E-state index >= 15 is 0 Å². The molecule has 0 bridgehead atoms. The number of nitrogens with zero attached hydrogens (tertiary/aromatic N) is 1. The highest BCUT2D eigenvalue weighted by Crippen LogP contribution is 2.21. The Balaban J connectivity index is 2.22. The highest BCUT2D eigenvalue weighted by atomic mass is 16.3. The molecular weight excluding hydrogens is 212 g/mol. The van der Waals surface area contributed by atoms with E-state index in [1.807, 2.05) is 6.92 Å². The molecule has 3 nitrogen and oxygen atoms in total. The number of oxazole rings is 1. The van der Waals surface area contributed by atoms with Crippen LogP contribution >= 0.6 is 0 Å². The second kappa shape index (κ2) is 4.72. The first kappa shape index (κ1) is 11.9. The van der Waals surface area contributed by atoms with Crippen molar-refractivity contribution in [1.82, 2.24) is 4.98 Å². The molecule has 0 saturated carbocycles. The van der Waals surface area contributed by atoms with Crippen molar-refractivity contribution in [3.63, 3.8) is 0 Å². The van der Waals surface area contributed by atoms with Gasteiger partial charge in [-0.2, -0.15) is 0 Å². The fourth-order valence-electron chi connectivity index (χ4n) is 1.78. The fraction of sp³-hybridized carbons (Fsp3) is 0.357. The summed E-state index contributed by atoms with van der Waals surface area (Å²) in [5, 5.41) is 0. The lowest BCUT2D eigenvalue weighted by Gasteiger charge is -2.11. The van der Waals surface area contributed by atoms with Crippen LogP contribution in [0.5, 0.6) is 0 Å². The van der Waals surface area contributed by atoms with Crippen molar-refractivity contribution >= 4 is 0 Å². The Morgan fingerprint density at radius 2 is 1.71 bits per heavy atom. The maximum Gasteiger partial charge on any atom is 0.191 e. The number of benzene rings is 1. The minimum atomic E-state index is -0.214. The van der Waals surface area contributed by atoms with E-state index in [0.29, 0.717) is 11.8 Å². The largest absolute Gasteiger partial charge is 0.449 e. The summed E-state index contributed by atoms with van der Waals surface area (Å²) < 4.78 is 5.18. The summed E-state index contributed by atoms with van der Waals surface area (Å²) in [6.07, 6.45) is 1.62. The molecular formula is C14H18N2O. The van der Waals surface area contributed by atoms with Gasteiger partial charge in [0.25, 0.3) is 0 Å². The molecule has 3 heteroatoms. The summed E-state index contributed by atoms with van der Waals surface area (Å²) in [5.41, 5.74) is 9.29. The summed E-state index contributed by atoms with van der Waals surface area (Å²) in [4.78, 5) is 4.25. The smallest absolute Gasteiger partial charge is 0.191 e. The van der Waals surface area contributed by atoms with Gasteiger partial charge in [0.2, 0.25) is 0 Å². The molecule has 2 aromatic rings. The van der Waals surface area contributed by atoms with Gasteiger partial charge in [0.15, 0.2) is 5.89 Å². The third-order valence-electron chi connectivity index (χ3n) is 2.92. The maximum atomic E-state index is 6.13. The van der Waals surface area contributed by atoms with Crippen molar-refractivity contribution in [1.29, 1.82) is 0 Å². The lowest BCUT2D eigenvalue weighted by molar-refractivity contribution is 0.520. The van der Waals surface area contributed by atoms with Crippen molar-refractivity contribution in [2.24, 2.45) is 5.73 Å². The van der Waals surface area contributed by atoms with Crippen molar-refractivity contribution < 1.29 is 4.42 Å². The molecule has 90 valence electrons. The normalized spacial score (nSPS) is 13.0. The summed E-state index contributed by atoms with van der Waals surface area (Å²) in [6.45, 7) is 6.17. The zero-order valence-corrected chi connectivity index (χ0v) is 10.5. The summed E-state index contributed by atoms with van der Waals surface area (Å²) in [5.74, 6) is 1.18. The molecule has 0 radical (unpaired) electrons. The molecule has 2 rings (SSSR count). The van der Waals surface area contributed by atoms with Gasteiger partial charge in [-0.05, 0) is 17.0 Å². The molecule has 17 heavy (non-hydrogen) atoms. The average Bonchev–Trinajstić information content (AvgIpc) is 2.75. The van der Waals surface area contributed by atoms with Crippen LogP contribution in [0.15, 0.2) is 34.9 Å². The molecule has 2 N–H and O–H groups in total. The SMILES string of the molecule is Cc1nc(C(N)c2ccc(C(C)C)cc2)co1. The molecule has 0 aliphatic rings. The van der Waals surface area contributed by atoms with Gasteiger partial charge >= 0.3 is 0 Å². The van der Waals surface area contributed by atoms with Gasteiger partial charge < -0.3 is 10.2 Å². The van der Waals surface area contributed by atoms with Crippen LogP contribution in [0.2, 0.25) is 0 Å². The van der Waals surface area contributed by atoms with Gasteiger partial charge in [0.05, 0.1) is 6.04 Å². The van der Waals surface area contributed by atoms with Crippen LogP contribution in [0.4, 0.5) is 0 Å². The predicted octanol–water partition coefficient (Wildman–Crippen LogP) is 3.15. The Morgan fingerprint density at radius 3 is 2.18 bits per heavy atom. The number of aryl methyl sites for hydroxylation is 1. The Hall–Kier alpha value is -1.61. The minimum Gasteiger partial charge on any atom is -0.449 e. The van der Waals surface area contributed by atoms with Crippen molar-refractivity contribution in [2.45, 2.75) is 32.7 Å². The molecule has 0 saturated heterocycles. The third-order valence-corrected chi connectivity index (χ3v) is 2.92. The molecule has 0 amide bonds. The Kier molecular flexibility index (Phi) is 3.29. The molecule has 1 heterocycles. The first-order chi connectivity index (χ1) is 8.08. The Bertz CT molecular complexity index is 485. The molecule has 1 aromatic carbocycles. The number of nitrogens with two attached hydrogens (primary N) is 1. The second-order valence-electron chi connectivity index (χ2n) is 4.59. The first-order valence-corrected chi connectivity index (χ1v) is 5.85. The lowest BCUT2D eigenvalue weighted by atomic mass is 9.98. The zero-order chi connectivity index (χ0) is 12.4. The molecule has 0 spiro atoms. The van der Waals surface area contributed by atoms with Gasteiger partial charge in [-0.3, -0.25) is 0 Å². The van der Waals surface area contributed by atoms with Gasteiger partial charge in [0.1, 0.15) is 12.0 Å². The van der Waals surface area contributed by atoms with Gasteiger partial charge in [-0.25, -0.2) is 4.98 Å². The van der Waals surface area contributed by atoms with E-state index in [-0.39, 0.29) is 6.04 Å². The Labute approximate surface area is 102 Å². The van der Waals surface area contributed by atoms with Gasteiger partial charge in [-0.1, -0.05) is 38.1 Å². The summed E-state index contributed by atoms with van der Waals surface area (Å²) >= 11 is 0. The topological polar surface area (TPSA) is 52.0 Å². The maximum absolute atomic E-state index is 6.13. The highest BCUT2D eigenvalue weighted by Gasteiger charge is 2.13. The monoisotopic (exact) mass is 230 g/mol. The minimum absolute atomic E-state index is 0.214. The standard InChI is InChI=1S/C14H18N2O/c1-9(2)11-4-6-12(7-5-11)14(15)13-8-17-10(3)16-13/h4-9,14H,15H2,1-3H3. The lowest BCUT2D eigenvalue weighted by Crippen LogP contribution is -2.12. The fourth-order valence-corrected chi connectivity index (χ4v) is 1.78. The van der Waals surface area contributed by atoms with E-state index in [0.717, 1.165) is 11.3 Å². The number of hydrogen-bond acceptors (Lipinski definition) is 3. The van der Waals surface area contributed by atoms with Crippen molar-refractivity contribution in [3.8, 4) is 0 Å². The van der Waals surface area contributed by atoms with Crippen LogP contribution in [0.3, 0.4) is 0 Å². The number of aromatic nitrogens is 1. The van der Waals surface area contributed by atoms with Gasteiger partial charge in [-0.15, -0.1) is 0 Å². The molecule has 0 aliphatic carbocycles. The quantitative estimate of drug-likeness (QED) is 0.881. The molecule has 1 atom stereocenters. The number of rotatable bonds is 3. The van der Waals surface area contributed by atoms with E-state index in [4.69, 9.17) is 10.2 Å². The molecule has 1 aromatic heterocycles. The van der Waals surface area contributed by atoms with E-state index in [1.54, 1.807) is 6.26 Å². The second-order valence-corrected chi connectivity index (χ2v) is 4.59. The Morgan fingerprint density at radius 1 is 1.12 bits per heavy atom. The van der Waals surface area contributed by atoms with Gasteiger partial charge in [0, 0.05) is 6.92 Å². The number of hydrogen-bond donors (Lipinski definition) is 1. The van der Waals surface area contributed by atoms with Crippen LogP contribution in [-0.4, -0.2) is 4.98 Å². The van der Waals surface area contributed by atoms with E-state index in [2.05, 4.69) is 43.1 Å². The zero-order valence-electron chi connectivity index (χ0n) is 10.5. The van der Waals surface area contributed by atoms with Crippen LogP contribution < -0.4 is 5.73 Å². The third kappa shape index (κ3) is 2.56. The van der Waals surface area contributed by atoms with E-state index in [1.165, 1.54) is 5.56 Å². The van der Waals surface area contributed by atoms with E-state index in [9.17, 15) is 0 Å².